The fourth-order valence-corrected chi connectivity index (χ4v) is 4.06. The second-order valence-corrected chi connectivity index (χ2v) is 7.21. The molecule has 1 aromatic heterocycles. The maximum absolute atomic E-state index is 12.0. The van der Waals surface area contributed by atoms with Gasteiger partial charge in [0, 0.05) is 24.0 Å². The minimum absolute atomic E-state index is 0.390. The first kappa shape index (κ1) is 19.0. The number of carbonyl (C=O) groups is 2. The summed E-state index contributed by atoms with van der Waals surface area (Å²) in [5.74, 6) is -0.894. The van der Waals surface area contributed by atoms with Gasteiger partial charge in [0.1, 0.15) is 6.04 Å². The fourth-order valence-electron chi connectivity index (χ4n) is 4.06. The van der Waals surface area contributed by atoms with E-state index in [-0.39, 0.29) is 0 Å². The van der Waals surface area contributed by atoms with Crippen LogP contribution in [0.5, 0.6) is 0 Å². The van der Waals surface area contributed by atoms with Gasteiger partial charge in [-0.2, -0.15) is 0 Å². The molecular weight excluding hydrogens is 368 g/mol. The minimum atomic E-state index is -1.02. The van der Waals surface area contributed by atoms with E-state index in [0.717, 1.165) is 27.8 Å². The van der Waals surface area contributed by atoms with Crippen molar-refractivity contribution in [1.82, 2.24) is 9.88 Å². The summed E-state index contributed by atoms with van der Waals surface area (Å²) < 4.78 is 1.35. The van der Waals surface area contributed by atoms with E-state index in [1.165, 1.54) is 4.57 Å². The summed E-state index contributed by atoms with van der Waals surface area (Å²) in [6.07, 6.45) is 4.32. The second-order valence-electron chi connectivity index (χ2n) is 7.21. The Morgan fingerprint density at radius 3 is 2.69 bits per heavy atom. The molecule has 6 nitrogen and oxygen atoms in total. The lowest BCUT2D eigenvalue weighted by Gasteiger charge is -2.15. The largest absolute Gasteiger partial charge is 0.480 e. The van der Waals surface area contributed by atoms with Gasteiger partial charge in [0.25, 0.3) is 0 Å². The van der Waals surface area contributed by atoms with E-state index in [1.54, 1.807) is 6.07 Å². The van der Waals surface area contributed by atoms with Gasteiger partial charge in [0.05, 0.1) is 5.52 Å². The zero-order valence-corrected chi connectivity index (χ0v) is 15.8. The van der Waals surface area contributed by atoms with Crippen LogP contribution in [0.25, 0.3) is 17.0 Å². The van der Waals surface area contributed by atoms with Gasteiger partial charge in [0.2, 0.25) is 0 Å². The first-order valence-corrected chi connectivity index (χ1v) is 9.61. The van der Waals surface area contributed by atoms with E-state index in [4.69, 9.17) is 0 Å². The Balaban J connectivity index is 1.83. The van der Waals surface area contributed by atoms with Crippen LogP contribution in [-0.4, -0.2) is 39.4 Å². The number of aromatic nitrogens is 1. The Bertz CT molecular complexity index is 1110. The van der Waals surface area contributed by atoms with Crippen molar-refractivity contribution in [1.29, 1.82) is 0 Å². The molecule has 2 bridgehead atoms. The first-order valence-electron chi connectivity index (χ1n) is 9.61. The Morgan fingerprint density at radius 1 is 1.07 bits per heavy atom. The van der Waals surface area contributed by atoms with Crippen LogP contribution in [0.2, 0.25) is 0 Å². The van der Waals surface area contributed by atoms with Gasteiger partial charge in [-0.15, -0.1) is 0 Å². The molecule has 29 heavy (non-hydrogen) atoms. The Hall–Kier alpha value is -3.38. The molecule has 0 radical (unpaired) electrons. The molecule has 0 amide bonds. The zero-order chi connectivity index (χ0) is 20.4. The quantitative estimate of drug-likeness (QED) is 0.591. The third-order valence-electron chi connectivity index (χ3n) is 5.36. The maximum atomic E-state index is 12.0. The normalized spacial score (nSPS) is 18.1. The molecule has 1 atom stereocenters. The molecule has 0 spiro atoms. The lowest BCUT2D eigenvalue weighted by molar-refractivity contribution is -0.139. The topological polar surface area (TPSA) is 91.6 Å². The van der Waals surface area contributed by atoms with Crippen molar-refractivity contribution in [3.63, 3.8) is 0 Å². The second kappa shape index (κ2) is 7.93. The summed E-state index contributed by atoms with van der Waals surface area (Å²) in [5, 5.41) is 23.5. The molecule has 148 valence electrons. The van der Waals surface area contributed by atoms with Crippen molar-refractivity contribution in [3.05, 3.63) is 77.0 Å². The van der Waals surface area contributed by atoms with Crippen LogP contribution in [0.1, 0.15) is 22.4 Å². The van der Waals surface area contributed by atoms with Gasteiger partial charge >= 0.3 is 12.1 Å². The summed E-state index contributed by atoms with van der Waals surface area (Å²) in [5.41, 5.74) is 4.23. The third kappa shape index (κ3) is 3.79. The van der Waals surface area contributed by atoms with Crippen LogP contribution < -0.4 is 5.32 Å². The molecule has 0 saturated heterocycles. The summed E-state index contributed by atoms with van der Waals surface area (Å²) >= 11 is 0. The van der Waals surface area contributed by atoms with E-state index in [0.29, 0.717) is 31.3 Å². The van der Waals surface area contributed by atoms with Gasteiger partial charge in [-0.05, 0) is 35.6 Å². The van der Waals surface area contributed by atoms with Crippen LogP contribution in [0.3, 0.4) is 0 Å². The summed E-state index contributed by atoms with van der Waals surface area (Å²) in [7, 11) is 0. The van der Waals surface area contributed by atoms with Gasteiger partial charge < -0.3 is 15.5 Å². The molecule has 3 N–H and O–H groups in total. The molecule has 0 aliphatic carbocycles. The molecular formula is C23H22N2O4. The first-order chi connectivity index (χ1) is 14.0. The lowest BCUT2D eigenvalue weighted by atomic mass is 10.0. The van der Waals surface area contributed by atoms with Crippen LogP contribution in [-0.2, 0) is 24.1 Å². The number of hydrogen-bond donors (Lipinski definition) is 3. The van der Waals surface area contributed by atoms with E-state index >= 15 is 0 Å². The Kier molecular flexibility index (Phi) is 5.18. The maximum Gasteiger partial charge on any atom is 0.416 e. The van der Waals surface area contributed by atoms with Crippen molar-refractivity contribution in [2.75, 3.05) is 6.54 Å². The number of para-hydroxylation sites is 1. The highest BCUT2D eigenvalue weighted by Crippen LogP contribution is 2.28. The number of carboxylic acid groups (broad SMARTS) is 2. The van der Waals surface area contributed by atoms with Crippen LogP contribution >= 0.6 is 0 Å². The molecule has 0 saturated carbocycles. The number of aliphatic carboxylic acids is 1. The lowest BCUT2D eigenvalue weighted by Crippen LogP contribution is -2.39. The standard InChI is InChI=1S/C23H22N2O4/c26-22(27)19-14-16-7-3-5-15(13-16)6-4-10-21-18(11-12-24-19)17-8-1-2-9-20(17)25(21)23(28)29/h1-9,13,19,24H,10-12,14H2,(H,26,27)(H,28,29)/b6-4+. The van der Waals surface area contributed by atoms with Crippen molar-refractivity contribution >= 4 is 29.0 Å². The number of nitrogens with one attached hydrogen (secondary N) is 1. The predicted molar refractivity (Wildman–Crippen MR) is 111 cm³/mol. The van der Waals surface area contributed by atoms with Crippen molar-refractivity contribution in [3.8, 4) is 0 Å². The van der Waals surface area contributed by atoms with Crippen LogP contribution in [0, 0.1) is 0 Å². The molecule has 0 fully saturated rings. The van der Waals surface area contributed by atoms with Gasteiger partial charge in [-0.3, -0.25) is 4.79 Å². The minimum Gasteiger partial charge on any atom is -0.480 e. The number of carboxylic acids is 1. The number of rotatable bonds is 1. The summed E-state index contributed by atoms with van der Waals surface area (Å²) in [6.45, 7) is 0.445. The molecule has 2 heterocycles. The predicted octanol–water partition coefficient (Wildman–Crippen LogP) is 3.56. The Morgan fingerprint density at radius 2 is 1.90 bits per heavy atom. The van der Waals surface area contributed by atoms with Crippen molar-refractivity contribution in [2.45, 2.75) is 25.3 Å². The van der Waals surface area contributed by atoms with E-state index in [1.807, 2.05) is 54.6 Å². The average molecular weight is 390 g/mol. The summed E-state index contributed by atoms with van der Waals surface area (Å²) in [4.78, 5) is 23.7. The van der Waals surface area contributed by atoms with Crippen LogP contribution in [0.15, 0.2) is 54.6 Å². The van der Waals surface area contributed by atoms with Gasteiger partial charge in [-0.1, -0.05) is 54.6 Å². The van der Waals surface area contributed by atoms with Crippen molar-refractivity contribution in [2.24, 2.45) is 0 Å². The average Bonchev–Trinajstić information content (AvgIpc) is 3.01. The smallest absolute Gasteiger partial charge is 0.416 e. The van der Waals surface area contributed by atoms with E-state index in [2.05, 4.69) is 5.32 Å². The van der Waals surface area contributed by atoms with Gasteiger partial charge in [-0.25, -0.2) is 9.36 Å². The highest BCUT2D eigenvalue weighted by atomic mass is 16.4. The monoisotopic (exact) mass is 390 g/mol. The number of nitrogens with zero attached hydrogens (tertiary/aromatic N) is 1. The van der Waals surface area contributed by atoms with Crippen LogP contribution in [0.4, 0.5) is 4.79 Å². The zero-order valence-electron chi connectivity index (χ0n) is 15.8. The van der Waals surface area contributed by atoms with Crippen molar-refractivity contribution < 1.29 is 19.8 Å². The SMILES string of the molecule is O=C(O)C1Cc2cccc(c2)/C=C/Cc2c(c3ccccc3n2C(=O)O)CCN1. The molecule has 3 aromatic rings. The van der Waals surface area contributed by atoms with E-state index < -0.39 is 18.1 Å². The molecule has 6 heteroatoms. The number of allylic oxidation sites excluding steroid dienone is 1. The number of fused-ring (bicyclic) bond motifs is 5. The number of hydrogen-bond acceptors (Lipinski definition) is 3. The molecule has 1 aliphatic heterocycles. The Labute approximate surface area is 168 Å². The highest BCUT2D eigenvalue weighted by Gasteiger charge is 2.22. The molecule has 4 rings (SSSR count). The third-order valence-corrected chi connectivity index (χ3v) is 5.36. The molecule has 1 aliphatic rings. The number of benzene rings is 2. The fraction of sp³-hybridized carbons (Fsp3) is 0.217. The highest BCUT2D eigenvalue weighted by molar-refractivity contribution is 5.93. The van der Waals surface area contributed by atoms with E-state index in [9.17, 15) is 19.8 Å². The molecule has 2 aromatic carbocycles. The van der Waals surface area contributed by atoms with Gasteiger partial charge in [0.15, 0.2) is 0 Å². The molecule has 1 unspecified atom stereocenters. The summed E-state index contributed by atoms with van der Waals surface area (Å²) in [6, 6.07) is 14.5.